The Morgan fingerprint density at radius 2 is 1.96 bits per heavy atom. The number of rotatable bonds is 7. The summed E-state index contributed by atoms with van der Waals surface area (Å²) in [5, 5.41) is 8.97. The molecule has 0 aliphatic carbocycles. The monoisotopic (exact) mass is 429 g/mol. The molecule has 144 valence electrons. The second-order valence-electron chi connectivity index (χ2n) is 7.25. The lowest BCUT2D eigenvalue weighted by molar-refractivity contribution is 0.724. The van der Waals surface area contributed by atoms with Crippen LogP contribution in [-0.4, -0.2) is 33.1 Å². The average molecular weight is 430 g/mol. The number of aromatic nitrogens is 4. The molecule has 0 amide bonds. The van der Waals surface area contributed by atoms with E-state index in [1.165, 1.54) is 5.56 Å². The van der Waals surface area contributed by atoms with E-state index in [1.54, 1.807) is 0 Å². The number of nitrogens with zero attached hydrogens (tertiary/aromatic N) is 5. The molecule has 0 radical (unpaired) electrons. The first kappa shape index (κ1) is 19.8. The van der Waals surface area contributed by atoms with E-state index in [9.17, 15) is 0 Å². The number of fused-ring (bicyclic) bond motifs is 1. The predicted molar refractivity (Wildman–Crippen MR) is 116 cm³/mol. The zero-order chi connectivity index (χ0) is 19.6. The highest BCUT2D eigenvalue weighted by atomic mass is 79.9. The second kappa shape index (κ2) is 8.38. The Balaban J connectivity index is 2.12. The van der Waals surface area contributed by atoms with Crippen molar-refractivity contribution in [3.63, 3.8) is 0 Å². The largest absolute Gasteiger partial charge is 0.355 e. The number of hydrogen-bond donors (Lipinski definition) is 0. The van der Waals surface area contributed by atoms with Crippen molar-refractivity contribution in [2.45, 2.75) is 53.4 Å². The van der Waals surface area contributed by atoms with Gasteiger partial charge in [0.25, 0.3) is 0 Å². The Bertz CT molecular complexity index is 932. The lowest BCUT2D eigenvalue weighted by Crippen LogP contribution is -2.25. The molecule has 0 aliphatic heterocycles. The molecule has 0 saturated carbocycles. The van der Waals surface area contributed by atoms with Crippen LogP contribution < -0.4 is 4.90 Å². The first-order valence-electron chi connectivity index (χ1n) is 9.74. The maximum atomic E-state index is 4.79. The van der Waals surface area contributed by atoms with Crippen molar-refractivity contribution in [3.05, 3.63) is 40.0 Å². The summed E-state index contributed by atoms with van der Waals surface area (Å²) < 4.78 is 2.94. The van der Waals surface area contributed by atoms with E-state index < -0.39 is 0 Å². The van der Waals surface area contributed by atoms with Crippen LogP contribution in [0.4, 0.5) is 5.82 Å². The molecule has 0 aliphatic rings. The zero-order valence-electron chi connectivity index (χ0n) is 16.8. The van der Waals surface area contributed by atoms with E-state index in [0.29, 0.717) is 5.92 Å². The van der Waals surface area contributed by atoms with Gasteiger partial charge < -0.3 is 4.90 Å². The van der Waals surface area contributed by atoms with Gasteiger partial charge in [0.2, 0.25) is 0 Å². The van der Waals surface area contributed by atoms with Gasteiger partial charge in [-0.05, 0) is 65.9 Å². The summed E-state index contributed by atoms with van der Waals surface area (Å²) in [5.41, 5.74) is 5.12. The van der Waals surface area contributed by atoms with Gasteiger partial charge in [0.15, 0.2) is 11.3 Å². The molecule has 2 aromatic heterocycles. The van der Waals surface area contributed by atoms with Gasteiger partial charge in [-0.15, -0.1) is 5.10 Å². The third-order valence-electron chi connectivity index (χ3n) is 4.87. The number of hydrogen-bond acceptors (Lipinski definition) is 4. The number of unbranched alkanes of at least 4 members (excludes halogenated alkanes) is 1. The lowest BCUT2D eigenvalue weighted by atomic mass is 10.0. The SMILES string of the molecule is CCCCN(CC)c1nc(C)cc2c1nnn2-c1ccc(C(C)C)cc1Br. The summed E-state index contributed by atoms with van der Waals surface area (Å²) in [7, 11) is 0. The fourth-order valence-electron chi connectivity index (χ4n) is 3.24. The van der Waals surface area contributed by atoms with Crippen LogP contribution in [0.3, 0.4) is 0 Å². The summed E-state index contributed by atoms with van der Waals surface area (Å²) in [6.07, 6.45) is 2.30. The maximum absolute atomic E-state index is 4.79. The third kappa shape index (κ3) is 4.00. The summed E-state index contributed by atoms with van der Waals surface area (Å²) in [6, 6.07) is 8.50. The molecule has 0 saturated heterocycles. The number of aryl methyl sites for hydroxylation is 1. The molecule has 2 heterocycles. The molecule has 0 unspecified atom stereocenters. The standard InChI is InChI=1S/C21H28BrN5/c1-6-8-11-26(7-2)21-20-19(12-15(5)23-21)27(25-24-20)18-10-9-16(14(3)4)13-17(18)22/h9-10,12-14H,6-8,11H2,1-5H3. The molecule has 6 heteroatoms. The Kier molecular flexibility index (Phi) is 6.15. The molecule has 0 spiro atoms. The van der Waals surface area contributed by atoms with Crippen LogP contribution in [0.25, 0.3) is 16.7 Å². The maximum Gasteiger partial charge on any atom is 0.159 e. The van der Waals surface area contributed by atoms with Crippen LogP contribution >= 0.6 is 15.9 Å². The van der Waals surface area contributed by atoms with Crippen molar-refractivity contribution in [1.82, 2.24) is 20.0 Å². The molecule has 3 rings (SSSR count). The highest BCUT2D eigenvalue weighted by Gasteiger charge is 2.18. The normalized spacial score (nSPS) is 11.5. The lowest BCUT2D eigenvalue weighted by Gasteiger charge is -2.22. The Morgan fingerprint density at radius 1 is 1.19 bits per heavy atom. The summed E-state index contributed by atoms with van der Waals surface area (Å²) in [4.78, 5) is 7.09. The van der Waals surface area contributed by atoms with Crippen molar-refractivity contribution in [2.24, 2.45) is 0 Å². The molecule has 5 nitrogen and oxygen atoms in total. The van der Waals surface area contributed by atoms with Gasteiger partial charge >= 0.3 is 0 Å². The van der Waals surface area contributed by atoms with E-state index in [2.05, 4.69) is 83.1 Å². The fourth-order valence-corrected chi connectivity index (χ4v) is 3.81. The molecular formula is C21H28BrN5. The van der Waals surface area contributed by atoms with Crippen molar-refractivity contribution < 1.29 is 0 Å². The van der Waals surface area contributed by atoms with Crippen LogP contribution in [0.1, 0.15) is 57.7 Å². The number of halogens is 1. The van der Waals surface area contributed by atoms with Gasteiger partial charge in [-0.3, -0.25) is 0 Å². The summed E-state index contributed by atoms with van der Waals surface area (Å²) in [5.74, 6) is 1.42. The van der Waals surface area contributed by atoms with Crippen molar-refractivity contribution in [1.29, 1.82) is 0 Å². The molecule has 27 heavy (non-hydrogen) atoms. The minimum absolute atomic E-state index is 0.484. The Hall–Kier alpha value is -1.95. The molecule has 3 aromatic rings. The van der Waals surface area contributed by atoms with Crippen LogP contribution in [0, 0.1) is 6.92 Å². The van der Waals surface area contributed by atoms with Crippen LogP contribution in [0.15, 0.2) is 28.7 Å². The molecular weight excluding hydrogens is 402 g/mol. The number of anilines is 1. The van der Waals surface area contributed by atoms with Crippen molar-refractivity contribution >= 4 is 32.8 Å². The highest BCUT2D eigenvalue weighted by Crippen LogP contribution is 2.30. The van der Waals surface area contributed by atoms with Crippen LogP contribution in [-0.2, 0) is 0 Å². The van der Waals surface area contributed by atoms with Gasteiger partial charge in [0, 0.05) is 23.3 Å². The van der Waals surface area contributed by atoms with E-state index in [4.69, 9.17) is 4.98 Å². The molecule has 0 bridgehead atoms. The Morgan fingerprint density at radius 3 is 2.59 bits per heavy atom. The van der Waals surface area contributed by atoms with Crippen LogP contribution in [0.5, 0.6) is 0 Å². The van der Waals surface area contributed by atoms with Gasteiger partial charge in [-0.1, -0.05) is 38.5 Å². The smallest absolute Gasteiger partial charge is 0.159 e. The van der Waals surface area contributed by atoms with E-state index in [1.807, 2.05) is 11.6 Å². The average Bonchev–Trinajstić information content (AvgIpc) is 3.05. The highest BCUT2D eigenvalue weighted by molar-refractivity contribution is 9.10. The molecule has 0 N–H and O–H groups in total. The fraction of sp³-hybridized carbons (Fsp3) is 0.476. The van der Waals surface area contributed by atoms with Gasteiger partial charge in [-0.25, -0.2) is 9.67 Å². The van der Waals surface area contributed by atoms with Crippen molar-refractivity contribution in [2.75, 3.05) is 18.0 Å². The predicted octanol–water partition coefficient (Wildman–Crippen LogP) is 5.64. The van der Waals surface area contributed by atoms with E-state index in [0.717, 1.165) is 58.6 Å². The number of benzene rings is 1. The topological polar surface area (TPSA) is 46.8 Å². The first-order chi connectivity index (χ1) is 13.0. The third-order valence-corrected chi connectivity index (χ3v) is 5.51. The second-order valence-corrected chi connectivity index (χ2v) is 8.11. The van der Waals surface area contributed by atoms with E-state index >= 15 is 0 Å². The van der Waals surface area contributed by atoms with E-state index in [-0.39, 0.29) is 0 Å². The summed E-state index contributed by atoms with van der Waals surface area (Å²) >= 11 is 3.72. The first-order valence-corrected chi connectivity index (χ1v) is 10.5. The minimum Gasteiger partial charge on any atom is -0.355 e. The van der Waals surface area contributed by atoms with Gasteiger partial charge in [0.1, 0.15) is 5.52 Å². The summed E-state index contributed by atoms with van der Waals surface area (Å²) in [6.45, 7) is 12.7. The number of pyridine rings is 1. The zero-order valence-corrected chi connectivity index (χ0v) is 18.4. The van der Waals surface area contributed by atoms with Crippen LogP contribution in [0.2, 0.25) is 0 Å². The molecule has 1 aromatic carbocycles. The quantitative estimate of drug-likeness (QED) is 0.487. The van der Waals surface area contributed by atoms with Crippen molar-refractivity contribution in [3.8, 4) is 5.69 Å². The van der Waals surface area contributed by atoms with Gasteiger partial charge in [-0.2, -0.15) is 0 Å². The molecule has 0 atom stereocenters. The van der Waals surface area contributed by atoms with Gasteiger partial charge in [0.05, 0.1) is 5.69 Å². The molecule has 0 fully saturated rings. The Labute approximate surface area is 169 Å². The minimum atomic E-state index is 0.484.